The fraction of sp³-hybridized carbons (Fsp3) is 0.154. The van der Waals surface area contributed by atoms with Crippen LogP contribution in [0.4, 0.5) is 5.69 Å². The van der Waals surface area contributed by atoms with Crippen LogP contribution in [-0.2, 0) is 10.0 Å². The van der Waals surface area contributed by atoms with E-state index in [9.17, 15) is 13.2 Å². The predicted octanol–water partition coefficient (Wildman–Crippen LogP) is 3.31. The Hall–Kier alpha value is -1.37. The first-order valence-electron chi connectivity index (χ1n) is 5.64. The second-order valence-corrected chi connectivity index (χ2v) is 7.35. The van der Waals surface area contributed by atoms with Crippen molar-refractivity contribution in [2.24, 2.45) is 0 Å². The number of benzene rings is 1. The Morgan fingerprint density at radius 1 is 1.25 bits per heavy atom. The van der Waals surface area contributed by atoms with Crippen LogP contribution in [0.2, 0.25) is 5.02 Å². The number of halogens is 1. The van der Waals surface area contributed by atoms with Gasteiger partial charge in [0.15, 0.2) is 0 Å². The highest BCUT2D eigenvalue weighted by Crippen LogP contribution is 2.29. The van der Waals surface area contributed by atoms with E-state index in [1.54, 1.807) is 24.3 Å². The van der Waals surface area contributed by atoms with Crippen LogP contribution in [0.1, 0.15) is 20.8 Å². The summed E-state index contributed by atoms with van der Waals surface area (Å²) < 4.78 is 24.5. The van der Waals surface area contributed by atoms with Gasteiger partial charge in [0.2, 0.25) is 15.8 Å². The second kappa shape index (κ2) is 5.55. The van der Waals surface area contributed by atoms with E-state index in [0.29, 0.717) is 21.2 Å². The van der Waals surface area contributed by atoms with Gasteiger partial charge >= 0.3 is 0 Å². The average Bonchev–Trinajstić information content (AvgIpc) is 2.68. The van der Waals surface area contributed by atoms with E-state index in [1.165, 1.54) is 11.3 Å². The van der Waals surface area contributed by atoms with Gasteiger partial charge in [-0.2, -0.15) is 0 Å². The fourth-order valence-electron chi connectivity index (χ4n) is 1.62. The first-order valence-corrected chi connectivity index (χ1v) is 8.79. The van der Waals surface area contributed by atoms with Crippen molar-refractivity contribution in [2.45, 2.75) is 6.92 Å². The van der Waals surface area contributed by atoms with Crippen molar-refractivity contribution >= 4 is 44.4 Å². The zero-order valence-electron chi connectivity index (χ0n) is 10.8. The first kappa shape index (κ1) is 15.0. The molecule has 0 aliphatic carbocycles. The molecule has 4 nitrogen and oxygen atoms in total. The summed E-state index contributed by atoms with van der Waals surface area (Å²) in [6, 6.07) is 6.23. The van der Waals surface area contributed by atoms with Gasteiger partial charge in [-0.05, 0) is 42.1 Å². The van der Waals surface area contributed by atoms with Crippen molar-refractivity contribution in [2.75, 3.05) is 11.0 Å². The van der Waals surface area contributed by atoms with Crippen molar-refractivity contribution in [1.82, 2.24) is 0 Å². The largest absolute Gasteiger partial charge is 0.288 e. The molecule has 0 spiro atoms. The molecule has 0 unspecified atom stereocenters. The lowest BCUT2D eigenvalue weighted by Crippen LogP contribution is -2.09. The molecule has 0 saturated heterocycles. The number of aryl methyl sites for hydroxylation is 1. The molecule has 106 valence electrons. The van der Waals surface area contributed by atoms with Gasteiger partial charge in [-0.25, -0.2) is 8.42 Å². The van der Waals surface area contributed by atoms with Gasteiger partial charge in [0.25, 0.3) is 0 Å². The first-order chi connectivity index (χ1) is 9.28. The van der Waals surface area contributed by atoms with Gasteiger partial charge in [-0.1, -0.05) is 11.6 Å². The minimum absolute atomic E-state index is 0.168. The molecule has 2 aromatic rings. The predicted molar refractivity (Wildman–Crippen MR) is 82.4 cm³/mol. The third-order valence-corrected chi connectivity index (χ3v) is 4.86. The standard InChI is InChI=1S/C13H12ClNO3S2/c1-8-7-19-13(11(8)14)12(16)9-3-5-10(6-4-9)15-20(2,17)18/h3-7,15H,1-2H3. The Kier molecular flexibility index (Phi) is 4.17. The van der Waals surface area contributed by atoms with Crippen LogP contribution in [-0.4, -0.2) is 20.5 Å². The normalized spacial score (nSPS) is 11.3. The molecule has 0 aliphatic rings. The van der Waals surface area contributed by atoms with E-state index >= 15 is 0 Å². The second-order valence-electron chi connectivity index (χ2n) is 4.34. The summed E-state index contributed by atoms with van der Waals surface area (Å²) in [6.07, 6.45) is 1.07. The number of rotatable bonds is 4. The van der Waals surface area contributed by atoms with Crippen LogP contribution < -0.4 is 4.72 Å². The number of carbonyl (C=O) groups is 1. The molecule has 0 radical (unpaired) electrons. The Bertz CT molecular complexity index is 748. The molecular weight excluding hydrogens is 318 g/mol. The van der Waals surface area contributed by atoms with Gasteiger partial charge in [0.05, 0.1) is 16.2 Å². The quantitative estimate of drug-likeness (QED) is 0.875. The fourth-order valence-corrected chi connectivity index (χ4v) is 3.42. The van der Waals surface area contributed by atoms with Crippen molar-refractivity contribution in [3.05, 3.63) is 50.7 Å². The summed E-state index contributed by atoms with van der Waals surface area (Å²) in [5.41, 5.74) is 1.75. The van der Waals surface area contributed by atoms with Crippen LogP contribution in [0.3, 0.4) is 0 Å². The summed E-state index contributed by atoms with van der Waals surface area (Å²) in [4.78, 5) is 12.8. The summed E-state index contributed by atoms with van der Waals surface area (Å²) in [5.74, 6) is -0.168. The number of ketones is 1. The van der Waals surface area contributed by atoms with E-state index in [4.69, 9.17) is 11.6 Å². The smallest absolute Gasteiger partial charge is 0.229 e. The Morgan fingerprint density at radius 3 is 2.30 bits per heavy atom. The average molecular weight is 330 g/mol. The SMILES string of the molecule is Cc1csc(C(=O)c2ccc(NS(C)(=O)=O)cc2)c1Cl. The molecule has 1 heterocycles. The van der Waals surface area contributed by atoms with Gasteiger partial charge in [0.1, 0.15) is 0 Å². The lowest BCUT2D eigenvalue weighted by Gasteiger charge is -2.05. The topological polar surface area (TPSA) is 63.2 Å². The Morgan fingerprint density at radius 2 is 1.85 bits per heavy atom. The number of nitrogens with one attached hydrogen (secondary N) is 1. The number of carbonyl (C=O) groups excluding carboxylic acids is 1. The molecule has 0 atom stereocenters. The lowest BCUT2D eigenvalue weighted by atomic mass is 10.1. The highest BCUT2D eigenvalue weighted by atomic mass is 35.5. The van der Waals surface area contributed by atoms with E-state index in [2.05, 4.69) is 4.72 Å². The van der Waals surface area contributed by atoms with E-state index in [0.717, 1.165) is 11.8 Å². The maximum atomic E-state index is 12.3. The van der Waals surface area contributed by atoms with Gasteiger partial charge in [-0.3, -0.25) is 9.52 Å². The zero-order chi connectivity index (χ0) is 14.9. The third kappa shape index (κ3) is 3.39. The molecular formula is C13H12ClNO3S2. The summed E-state index contributed by atoms with van der Waals surface area (Å²) >= 11 is 7.37. The number of hydrogen-bond acceptors (Lipinski definition) is 4. The number of thiophene rings is 1. The molecule has 2 rings (SSSR count). The van der Waals surface area contributed by atoms with Crippen LogP contribution >= 0.6 is 22.9 Å². The summed E-state index contributed by atoms with van der Waals surface area (Å²) in [7, 11) is -3.32. The zero-order valence-corrected chi connectivity index (χ0v) is 13.2. The Labute approximate surface area is 126 Å². The Balaban J connectivity index is 2.26. The molecule has 0 bridgehead atoms. The van der Waals surface area contributed by atoms with E-state index < -0.39 is 10.0 Å². The maximum absolute atomic E-state index is 12.3. The molecule has 7 heteroatoms. The van der Waals surface area contributed by atoms with E-state index in [-0.39, 0.29) is 5.78 Å². The third-order valence-electron chi connectivity index (χ3n) is 2.56. The minimum atomic E-state index is -3.32. The van der Waals surface area contributed by atoms with Crippen LogP contribution in [0.15, 0.2) is 29.6 Å². The maximum Gasteiger partial charge on any atom is 0.229 e. The highest BCUT2D eigenvalue weighted by Gasteiger charge is 2.16. The number of anilines is 1. The molecule has 1 aromatic heterocycles. The van der Waals surface area contributed by atoms with Crippen LogP contribution in [0.25, 0.3) is 0 Å². The van der Waals surface area contributed by atoms with Crippen LogP contribution in [0.5, 0.6) is 0 Å². The van der Waals surface area contributed by atoms with E-state index in [1.807, 2.05) is 12.3 Å². The highest BCUT2D eigenvalue weighted by molar-refractivity contribution is 7.92. The number of sulfonamides is 1. The number of hydrogen-bond donors (Lipinski definition) is 1. The molecule has 0 saturated carbocycles. The molecule has 0 aliphatic heterocycles. The van der Waals surface area contributed by atoms with Crippen LogP contribution in [0, 0.1) is 6.92 Å². The molecule has 1 aromatic carbocycles. The van der Waals surface area contributed by atoms with Gasteiger partial charge in [-0.15, -0.1) is 11.3 Å². The molecule has 20 heavy (non-hydrogen) atoms. The van der Waals surface area contributed by atoms with Gasteiger partial charge in [0, 0.05) is 11.3 Å². The molecule has 0 amide bonds. The lowest BCUT2D eigenvalue weighted by molar-refractivity contribution is 0.104. The van der Waals surface area contributed by atoms with Crippen molar-refractivity contribution in [3.8, 4) is 0 Å². The van der Waals surface area contributed by atoms with Crippen molar-refractivity contribution in [3.63, 3.8) is 0 Å². The molecule has 1 N–H and O–H groups in total. The molecule has 0 fully saturated rings. The van der Waals surface area contributed by atoms with Crippen molar-refractivity contribution in [1.29, 1.82) is 0 Å². The monoisotopic (exact) mass is 329 g/mol. The summed E-state index contributed by atoms with van der Waals surface area (Å²) in [6.45, 7) is 1.84. The minimum Gasteiger partial charge on any atom is -0.288 e. The van der Waals surface area contributed by atoms with Crippen molar-refractivity contribution < 1.29 is 13.2 Å². The van der Waals surface area contributed by atoms with Gasteiger partial charge < -0.3 is 0 Å². The summed E-state index contributed by atoms with van der Waals surface area (Å²) in [5, 5.41) is 2.30.